The summed E-state index contributed by atoms with van der Waals surface area (Å²) in [6.07, 6.45) is 0.249. The van der Waals surface area contributed by atoms with Gasteiger partial charge in [0.05, 0.1) is 0 Å². The van der Waals surface area contributed by atoms with Crippen LogP contribution in [-0.2, 0) is 17.8 Å². The summed E-state index contributed by atoms with van der Waals surface area (Å²) >= 11 is 0. The molecule has 0 spiro atoms. The van der Waals surface area contributed by atoms with Crippen molar-refractivity contribution in [1.82, 2.24) is 10.3 Å². The number of nitrogens with zero attached hydrogens (tertiary/aromatic N) is 1. The van der Waals surface area contributed by atoms with Gasteiger partial charge in [0.1, 0.15) is 12.4 Å². The quantitative estimate of drug-likeness (QED) is 0.856. The molecule has 5 heteroatoms. The molecule has 0 bridgehead atoms. The number of carbonyl (C=O) groups excluding carboxylic acids is 1. The Hall–Kier alpha value is -2.56. The number of hydrogen-bond donors (Lipinski definition) is 2. The van der Waals surface area contributed by atoms with Gasteiger partial charge in [-0.15, -0.1) is 0 Å². The first kappa shape index (κ1) is 14.8. The first-order valence-electron chi connectivity index (χ1n) is 6.86. The summed E-state index contributed by atoms with van der Waals surface area (Å²) in [4.78, 5) is 15.9. The minimum Gasteiger partial charge on any atom is -0.445 e. The molecule has 0 saturated heterocycles. The summed E-state index contributed by atoms with van der Waals surface area (Å²) in [5, 5.41) is 5.70. The molecule has 0 unspecified atom stereocenters. The van der Waals surface area contributed by atoms with Gasteiger partial charge in [-0.3, -0.25) is 0 Å². The average Bonchev–Trinajstić information content (AvgIpc) is 2.54. The number of benzene rings is 1. The fraction of sp³-hybridized carbons (Fsp3) is 0.250. The van der Waals surface area contributed by atoms with Crippen molar-refractivity contribution in [3.63, 3.8) is 0 Å². The number of carbonyl (C=O) groups is 1. The molecule has 2 aromatic rings. The molecule has 0 fully saturated rings. The van der Waals surface area contributed by atoms with E-state index in [0.29, 0.717) is 13.0 Å². The molecule has 0 saturated carbocycles. The highest BCUT2D eigenvalue weighted by atomic mass is 16.5. The largest absolute Gasteiger partial charge is 0.445 e. The van der Waals surface area contributed by atoms with Crippen LogP contribution in [0.25, 0.3) is 0 Å². The molecule has 1 amide bonds. The van der Waals surface area contributed by atoms with E-state index in [4.69, 9.17) is 4.74 Å². The molecular formula is C16H19N3O2. The lowest BCUT2D eigenvalue weighted by molar-refractivity contribution is 0.140. The monoisotopic (exact) mass is 285 g/mol. The van der Waals surface area contributed by atoms with Gasteiger partial charge in [0, 0.05) is 25.7 Å². The van der Waals surface area contributed by atoms with E-state index >= 15 is 0 Å². The molecule has 0 radical (unpaired) electrons. The van der Waals surface area contributed by atoms with Crippen LogP contribution >= 0.6 is 0 Å². The molecular weight excluding hydrogens is 266 g/mol. The van der Waals surface area contributed by atoms with Crippen molar-refractivity contribution in [3.05, 3.63) is 59.8 Å². The van der Waals surface area contributed by atoms with Crippen LogP contribution in [-0.4, -0.2) is 24.7 Å². The zero-order chi connectivity index (χ0) is 14.9. The van der Waals surface area contributed by atoms with Crippen LogP contribution in [0.3, 0.4) is 0 Å². The lowest BCUT2D eigenvalue weighted by Gasteiger charge is -2.07. The minimum atomic E-state index is -0.413. The number of alkyl carbamates (subject to hydrolysis) is 1. The zero-order valence-corrected chi connectivity index (χ0v) is 12.0. The van der Waals surface area contributed by atoms with Gasteiger partial charge in [0.25, 0.3) is 0 Å². The predicted molar refractivity (Wildman–Crippen MR) is 82.1 cm³/mol. The fourth-order valence-corrected chi connectivity index (χ4v) is 1.82. The van der Waals surface area contributed by atoms with E-state index < -0.39 is 6.09 Å². The summed E-state index contributed by atoms with van der Waals surface area (Å²) in [6.45, 7) is 0.772. The number of nitrogens with one attached hydrogen (secondary N) is 2. The number of anilines is 1. The third-order valence-corrected chi connectivity index (χ3v) is 2.93. The Morgan fingerprint density at radius 1 is 1.14 bits per heavy atom. The Bertz CT molecular complexity index is 573. The highest BCUT2D eigenvalue weighted by molar-refractivity contribution is 5.67. The summed E-state index contributed by atoms with van der Waals surface area (Å²) in [7, 11) is 1.82. The van der Waals surface area contributed by atoms with Crippen LogP contribution < -0.4 is 10.6 Å². The number of amides is 1. The van der Waals surface area contributed by atoms with E-state index in [2.05, 4.69) is 15.6 Å². The van der Waals surface area contributed by atoms with Gasteiger partial charge < -0.3 is 15.4 Å². The molecule has 2 rings (SSSR count). The van der Waals surface area contributed by atoms with E-state index in [9.17, 15) is 4.79 Å². The number of rotatable bonds is 6. The summed E-state index contributed by atoms with van der Waals surface area (Å²) in [5.41, 5.74) is 1.89. The first-order valence-corrected chi connectivity index (χ1v) is 6.86. The van der Waals surface area contributed by atoms with Gasteiger partial charge >= 0.3 is 6.09 Å². The van der Waals surface area contributed by atoms with Crippen molar-refractivity contribution in [3.8, 4) is 0 Å². The lowest BCUT2D eigenvalue weighted by atomic mass is 10.2. The average molecular weight is 285 g/mol. The normalized spacial score (nSPS) is 9.95. The Morgan fingerprint density at radius 3 is 2.71 bits per heavy atom. The van der Waals surface area contributed by atoms with Crippen LogP contribution in [0.15, 0.2) is 48.5 Å². The maximum Gasteiger partial charge on any atom is 0.407 e. The molecule has 2 N–H and O–H groups in total. The van der Waals surface area contributed by atoms with Crippen LogP contribution in [0.5, 0.6) is 0 Å². The summed E-state index contributed by atoms with van der Waals surface area (Å²) < 4.78 is 5.13. The minimum absolute atomic E-state index is 0.278. The Labute approximate surface area is 124 Å². The number of ether oxygens (including phenoxy) is 1. The fourth-order valence-electron chi connectivity index (χ4n) is 1.82. The van der Waals surface area contributed by atoms with Crippen molar-refractivity contribution in [2.45, 2.75) is 13.0 Å². The number of aromatic nitrogens is 1. The van der Waals surface area contributed by atoms with E-state index in [0.717, 1.165) is 17.1 Å². The maximum atomic E-state index is 11.6. The van der Waals surface area contributed by atoms with Crippen molar-refractivity contribution in [2.75, 3.05) is 18.9 Å². The van der Waals surface area contributed by atoms with Crippen LogP contribution in [0.2, 0.25) is 0 Å². The molecule has 5 nitrogen and oxygen atoms in total. The second kappa shape index (κ2) is 7.89. The van der Waals surface area contributed by atoms with E-state index in [1.165, 1.54) is 0 Å². The van der Waals surface area contributed by atoms with E-state index in [1.807, 2.05) is 55.6 Å². The molecule has 0 aliphatic carbocycles. The van der Waals surface area contributed by atoms with Crippen molar-refractivity contribution < 1.29 is 9.53 Å². The number of hydrogen-bond acceptors (Lipinski definition) is 4. The van der Waals surface area contributed by atoms with Gasteiger partial charge in [-0.2, -0.15) is 0 Å². The highest BCUT2D eigenvalue weighted by Crippen LogP contribution is 2.04. The Morgan fingerprint density at radius 2 is 1.95 bits per heavy atom. The summed E-state index contributed by atoms with van der Waals surface area (Å²) in [5.74, 6) is 0.819. The molecule has 110 valence electrons. The smallest absolute Gasteiger partial charge is 0.407 e. The number of pyridine rings is 1. The zero-order valence-electron chi connectivity index (χ0n) is 12.0. The SMILES string of the molecule is CNc1cccc(CCNC(=O)OCc2ccccc2)n1. The van der Waals surface area contributed by atoms with Crippen molar-refractivity contribution in [1.29, 1.82) is 0 Å². The van der Waals surface area contributed by atoms with Crippen LogP contribution in [0.4, 0.5) is 10.6 Å². The lowest BCUT2D eigenvalue weighted by Crippen LogP contribution is -2.26. The highest BCUT2D eigenvalue weighted by Gasteiger charge is 2.03. The second-order valence-corrected chi connectivity index (χ2v) is 4.50. The first-order chi connectivity index (χ1) is 10.3. The molecule has 0 aliphatic rings. The molecule has 0 aliphatic heterocycles. The van der Waals surface area contributed by atoms with Gasteiger partial charge in [-0.05, 0) is 17.7 Å². The van der Waals surface area contributed by atoms with Crippen molar-refractivity contribution >= 4 is 11.9 Å². The molecule has 1 aromatic carbocycles. The molecule has 0 atom stereocenters. The van der Waals surface area contributed by atoms with Gasteiger partial charge in [0.15, 0.2) is 0 Å². The molecule has 1 heterocycles. The Balaban J connectivity index is 1.69. The third kappa shape index (κ3) is 5.14. The second-order valence-electron chi connectivity index (χ2n) is 4.50. The van der Waals surface area contributed by atoms with Crippen LogP contribution in [0, 0.1) is 0 Å². The molecule has 21 heavy (non-hydrogen) atoms. The predicted octanol–water partition coefficient (Wildman–Crippen LogP) is 2.59. The third-order valence-electron chi connectivity index (χ3n) is 2.93. The molecule has 1 aromatic heterocycles. The Kier molecular flexibility index (Phi) is 5.58. The van der Waals surface area contributed by atoms with E-state index in [-0.39, 0.29) is 6.61 Å². The standard InChI is InChI=1S/C16H19N3O2/c1-17-15-9-5-8-14(19-15)10-11-18-16(20)21-12-13-6-3-2-4-7-13/h2-9H,10-12H2,1H3,(H,17,19)(H,18,20). The van der Waals surface area contributed by atoms with E-state index in [1.54, 1.807) is 0 Å². The van der Waals surface area contributed by atoms with Crippen molar-refractivity contribution in [2.24, 2.45) is 0 Å². The van der Waals surface area contributed by atoms with Crippen LogP contribution in [0.1, 0.15) is 11.3 Å². The van der Waals surface area contributed by atoms with Gasteiger partial charge in [-0.25, -0.2) is 9.78 Å². The summed E-state index contributed by atoms with van der Waals surface area (Å²) in [6, 6.07) is 15.3. The van der Waals surface area contributed by atoms with Gasteiger partial charge in [0.2, 0.25) is 0 Å². The topological polar surface area (TPSA) is 63.2 Å². The van der Waals surface area contributed by atoms with Gasteiger partial charge in [-0.1, -0.05) is 36.4 Å². The maximum absolute atomic E-state index is 11.6.